The maximum atomic E-state index is 4.84. The van der Waals surface area contributed by atoms with Gasteiger partial charge >= 0.3 is 0 Å². The van der Waals surface area contributed by atoms with E-state index in [2.05, 4.69) is 17.1 Å². The van der Waals surface area contributed by atoms with Crippen LogP contribution in [0.3, 0.4) is 0 Å². The van der Waals surface area contributed by atoms with E-state index in [1.165, 1.54) is 25.0 Å². The Morgan fingerprint density at radius 2 is 2.25 bits per heavy atom. The third kappa shape index (κ3) is 1.12. The van der Waals surface area contributed by atoms with Crippen molar-refractivity contribution in [3.05, 3.63) is 0 Å². The lowest BCUT2D eigenvalue weighted by atomic mass is 10.0. The van der Waals surface area contributed by atoms with E-state index in [-0.39, 0.29) is 0 Å². The molecule has 0 aromatic heterocycles. The van der Waals surface area contributed by atoms with Gasteiger partial charge in [-0.25, -0.2) is 0 Å². The van der Waals surface area contributed by atoms with Crippen LogP contribution in [0.5, 0.6) is 0 Å². The van der Waals surface area contributed by atoms with Crippen molar-refractivity contribution < 1.29 is 4.84 Å². The van der Waals surface area contributed by atoms with E-state index < -0.39 is 0 Å². The Bertz CT molecular complexity index is 203. The van der Waals surface area contributed by atoms with Crippen molar-refractivity contribution in [2.24, 2.45) is 5.16 Å². The normalized spacial score (nSPS) is 39.0. The van der Waals surface area contributed by atoms with Crippen LogP contribution in [-0.2, 0) is 4.84 Å². The molecule has 2 heterocycles. The fourth-order valence-electron chi connectivity index (χ4n) is 2.47. The summed E-state index contributed by atoms with van der Waals surface area (Å²) in [6, 6.07) is 1.38. The third-order valence-corrected chi connectivity index (χ3v) is 3.17. The van der Waals surface area contributed by atoms with Gasteiger partial charge in [0.2, 0.25) is 0 Å². The minimum absolute atomic E-state index is 0.573. The Hall–Kier alpha value is -0.570. The lowest BCUT2D eigenvalue weighted by molar-refractivity contribution is 0.196. The van der Waals surface area contributed by atoms with Crippen LogP contribution in [0.15, 0.2) is 5.16 Å². The first-order valence-electron chi connectivity index (χ1n) is 4.65. The largest absolute Gasteiger partial charge is 0.399 e. The van der Waals surface area contributed by atoms with Gasteiger partial charge < -0.3 is 4.84 Å². The first-order valence-corrected chi connectivity index (χ1v) is 4.65. The molecule has 68 valence electrons. The van der Waals surface area contributed by atoms with Crippen molar-refractivity contribution in [3.63, 3.8) is 0 Å². The minimum Gasteiger partial charge on any atom is -0.399 e. The van der Waals surface area contributed by atoms with Gasteiger partial charge in [-0.15, -0.1) is 0 Å². The second kappa shape index (κ2) is 3.05. The molecule has 0 radical (unpaired) electrons. The molecule has 2 unspecified atom stereocenters. The summed E-state index contributed by atoms with van der Waals surface area (Å²) in [4.78, 5) is 7.29. The summed E-state index contributed by atoms with van der Waals surface area (Å²) in [6.07, 6.45) is 5.00. The molecule has 0 N–H and O–H groups in total. The van der Waals surface area contributed by atoms with Crippen LogP contribution < -0.4 is 0 Å². The zero-order chi connectivity index (χ0) is 8.55. The molecule has 0 saturated carbocycles. The van der Waals surface area contributed by atoms with E-state index >= 15 is 0 Å². The number of nitrogens with zero attached hydrogens (tertiary/aromatic N) is 2. The molecule has 0 aliphatic carbocycles. The number of piperidine rings is 1. The summed E-state index contributed by atoms with van der Waals surface area (Å²) in [5.41, 5.74) is 1.24. The Morgan fingerprint density at radius 3 is 3.00 bits per heavy atom. The van der Waals surface area contributed by atoms with Crippen LogP contribution in [0.4, 0.5) is 0 Å². The first-order chi connectivity index (χ1) is 5.83. The molecule has 2 atom stereocenters. The van der Waals surface area contributed by atoms with Crippen molar-refractivity contribution in [1.29, 1.82) is 0 Å². The second-order valence-electron chi connectivity index (χ2n) is 3.72. The van der Waals surface area contributed by atoms with Gasteiger partial charge in [0.05, 0.1) is 11.8 Å². The molecule has 0 amide bonds. The fraction of sp³-hybridized carbons (Fsp3) is 0.889. The zero-order valence-electron chi connectivity index (χ0n) is 7.79. The molecule has 2 saturated heterocycles. The molecule has 0 aromatic carbocycles. The van der Waals surface area contributed by atoms with Crippen molar-refractivity contribution in [2.75, 3.05) is 14.2 Å². The molecular weight excluding hydrogens is 152 g/mol. The molecule has 2 fully saturated rings. The van der Waals surface area contributed by atoms with E-state index in [9.17, 15) is 0 Å². The number of oxime groups is 1. The summed E-state index contributed by atoms with van der Waals surface area (Å²) in [6.45, 7) is 0. The maximum absolute atomic E-state index is 4.84. The fourth-order valence-corrected chi connectivity index (χ4v) is 2.47. The lowest BCUT2D eigenvalue weighted by Gasteiger charge is -2.31. The highest BCUT2D eigenvalue weighted by atomic mass is 16.6. The molecular formula is C9H16N2O. The van der Waals surface area contributed by atoms with Crippen molar-refractivity contribution >= 4 is 5.71 Å². The molecule has 3 nitrogen and oxygen atoms in total. The van der Waals surface area contributed by atoms with Crippen LogP contribution >= 0.6 is 0 Å². The SMILES string of the molecule is CO/N=C1\CCC2CCC1N2C. The van der Waals surface area contributed by atoms with Crippen LogP contribution in [0, 0.1) is 0 Å². The van der Waals surface area contributed by atoms with Gasteiger partial charge in [0.1, 0.15) is 7.11 Å². The molecule has 2 bridgehead atoms. The third-order valence-electron chi connectivity index (χ3n) is 3.17. The molecule has 0 aromatic rings. The topological polar surface area (TPSA) is 24.8 Å². The number of hydrogen-bond donors (Lipinski definition) is 0. The first kappa shape index (κ1) is 8.05. The molecule has 3 heteroatoms. The summed E-state index contributed by atoms with van der Waals surface area (Å²) in [7, 11) is 3.83. The number of fused-ring (bicyclic) bond motifs is 2. The van der Waals surface area contributed by atoms with E-state index in [1.54, 1.807) is 7.11 Å². The van der Waals surface area contributed by atoms with Crippen LogP contribution in [-0.4, -0.2) is 36.9 Å². The lowest BCUT2D eigenvalue weighted by Crippen LogP contribution is -2.42. The summed E-state index contributed by atoms with van der Waals surface area (Å²) >= 11 is 0. The Labute approximate surface area is 73.4 Å². The zero-order valence-corrected chi connectivity index (χ0v) is 7.79. The van der Waals surface area contributed by atoms with E-state index in [4.69, 9.17) is 4.84 Å². The van der Waals surface area contributed by atoms with Crippen molar-refractivity contribution in [1.82, 2.24) is 4.90 Å². The van der Waals surface area contributed by atoms with Gasteiger partial charge in [-0.3, -0.25) is 4.90 Å². The minimum atomic E-state index is 0.573. The average Bonchev–Trinajstić information content (AvgIpc) is 2.33. The maximum Gasteiger partial charge on any atom is 0.106 e. The quantitative estimate of drug-likeness (QED) is 0.550. The van der Waals surface area contributed by atoms with Gasteiger partial charge in [0.25, 0.3) is 0 Å². The highest BCUT2D eigenvalue weighted by molar-refractivity contribution is 5.90. The van der Waals surface area contributed by atoms with E-state index in [1.807, 2.05) is 0 Å². The molecule has 2 aliphatic rings. The predicted octanol–water partition coefficient (Wildman–Crippen LogP) is 1.25. The summed E-state index contributed by atoms with van der Waals surface area (Å²) in [5, 5.41) is 4.09. The average molecular weight is 168 g/mol. The highest BCUT2D eigenvalue weighted by Gasteiger charge is 2.38. The number of hydrogen-bond acceptors (Lipinski definition) is 3. The van der Waals surface area contributed by atoms with E-state index in [0.717, 1.165) is 12.5 Å². The van der Waals surface area contributed by atoms with E-state index in [0.29, 0.717) is 6.04 Å². The van der Waals surface area contributed by atoms with Gasteiger partial charge in [-0.1, -0.05) is 5.16 Å². The Morgan fingerprint density at radius 1 is 1.42 bits per heavy atom. The van der Waals surface area contributed by atoms with Crippen LogP contribution in [0.1, 0.15) is 25.7 Å². The van der Waals surface area contributed by atoms with Crippen molar-refractivity contribution in [3.8, 4) is 0 Å². The number of rotatable bonds is 1. The summed E-state index contributed by atoms with van der Waals surface area (Å²) < 4.78 is 0. The monoisotopic (exact) mass is 168 g/mol. The van der Waals surface area contributed by atoms with Gasteiger partial charge in [-0.05, 0) is 32.7 Å². The second-order valence-corrected chi connectivity index (χ2v) is 3.72. The van der Waals surface area contributed by atoms with Gasteiger partial charge in [0, 0.05) is 6.04 Å². The van der Waals surface area contributed by atoms with Crippen LogP contribution in [0.25, 0.3) is 0 Å². The predicted molar refractivity (Wildman–Crippen MR) is 48.3 cm³/mol. The summed E-state index contributed by atoms with van der Waals surface area (Å²) in [5.74, 6) is 0. The van der Waals surface area contributed by atoms with Gasteiger partial charge in [0.15, 0.2) is 0 Å². The Kier molecular flexibility index (Phi) is 2.05. The van der Waals surface area contributed by atoms with Gasteiger partial charge in [-0.2, -0.15) is 0 Å². The molecule has 2 aliphatic heterocycles. The molecule has 2 rings (SSSR count). The molecule has 12 heavy (non-hydrogen) atoms. The van der Waals surface area contributed by atoms with Crippen molar-refractivity contribution in [2.45, 2.75) is 37.8 Å². The molecule has 0 spiro atoms. The Balaban J connectivity index is 2.14. The standard InChI is InChI=1S/C9H16N2O/c1-11-7-3-5-8(10-12-2)9(11)6-4-7/h7,9H,3-6H2,1-2H3/b10-8+. The highest BCUT2D eigenvalue weighted by Crippen LogP contribution is 2.32. The van der Waals surface area contributed by atoms with Crippen LogP contribution in [0.2, 0.25) is 0 Å². The smallest absolute Gasteiger partial charge is 0.106 e.